The summed E-state index contributed by atoms with van der Waals surface area (Å²) >= 11 is 1.92. The summed E-state index contributed by atoms with van der Waals surface area (Å²) in [5.41, 5.74) is 0.275. The second kappa shape index (κ2) is 4.47. The first-order chi connectivity index (χ1) is 8.18. The van der Waals surface area contributed by atoms with E-state index >= 15 is 0 Å². The average Bonchev–Trinajstić information content (AvgIpc) is 2.73. The van der Waals surface area contributed by atoms with E-state index in [1.165, 1.54) is 49.8 Å². The molecule has 1 N–H and O–H groups in total. The van der Waals surface area contributed by atoms with Crippen molar-refractivity contribution in [1.29, 1.82) is 0 Å². The van der Waals surface area contributed by atoms with E-state index in [-0.39, 0.29) is 5.54 Å². The molecule has 2 atom stereocenters. The van der Waals surface area contributed by atoms with E-state index in [2.05, 4.69) is 24.1 Å². The molecule has 4 saturated heterocycles. The summed E-state index contributed by atoms with van der Waals surface area (Å²) in [6, 6.07) is 0.562. The first-order valence-electron chi connectivity index (χ1n) is 6.90. The standard InChI is InChI=1S/C13H23N3S/c1-3-13(2)9-17-12(15-13)14-11-8-16-6-4-10(11)5-7-16/h10-11H,3-9H2,1-2H3,(H,14,15). The summed E-state index contributed by atoms with van der Waals surface area (Å²) in [6.07, 6.45) is 3.90. The lowest BCUT2D eigenvalue weighted by Gasteiger charge is -2.43. The van der Waals surface area contributed by atoms with Gasteiger partial charge in [-0.2, -0.15) is 0 Å². The van der Waals surface area contributed by atoms with Crippen LogP contribution in [0.15, 0.2) is 4.99 Å². The monoisotopic (exact) mass is 253 g/mol. The van der Waals surface area contributed by atoms with Crippen LogP contribution >= 0.6 is 11.8 Å². The molecule has 0 aliphatic carbocycles. The highest BCUT2D eigenvalue weighted by molar-refractivity contribution is 8.14. The Balaban J connectivity index is 1.67. The summed E-state index contributed by atoms with van der Waals surface area (Å²) in [7, 11) is 0. The van der Waals surface area contributed by atoms with E-state index in [1.807, 2.05) is 11.8 Å². The average molecular weight is 253 g/mol. The van der Waals surface area contributed by atoms with Gasteiger partial charge in [-0.3, -0.25) is 4.99 Å². The van der Waals surface area contributed by atoms with Crippen LogP contribution in [0.2, 0.25) is 0 Å². The third kappa shape index (κ3) is 2.34. The van der Waals surface area contributed by atoms with E-state index in [4.69, 9.17) is 4.99 Å². The molecule has 2 bridgehead atoms. The minimum atomic E-state index is 0.275. The van der Waals surface area contributed by atoms with Crippen molar-refractivity contribution in [3.05, 3.63) is 0 Å². The Morgan fingerprint density at radius 2 is 2.24 bits per heavy atom. The topological polar surface area (TPSA) is 27.6 Å². The summed E-state index contributed by atoms with van der Waals surface area (Å²) in [6.45, 7) is 8.36. The third-order valence-electron chi connectivity index (χ3n) is 4.62. The van der Waals surface area contributed by atoms with Gasteiger partial charge in [-0.1, -0.05) is 18.7 Å². The molecular formula is C13H23N3S. The molecule has 17 heavy (non-hydrogen) atoms. The molecule has 4 rings (SSSR count). The maximum Gasteiger partial charge on any atom is 0.157 e. The lowest BCUT2D eigenvalue weighted by Crippen LogP contribution is -2.50. The molecule has 96 valence electrons. The Hall–Kier alpha value is -0.220. The Labute approximate surface area is 108 Å². The normalized spacial score (nSPS) is 47.4. The van der Waals surface area contributed by atoms with Crippen LogP contribution in [0.1, 0.15) is 33.1 Å². The van der Waals surface area contributed by atoms with Gasteiger partial charge in [-0.25, -0.2) is 0 Å². The molecule has 0 saturated carbocycles. The van der Waals surface area contributed by atoms with Gasteiger partial charge < -0.3 is 10.2 Å². The Kier molecular flexibility index (Phi) is 3.11. The summed E-state index contributed by atoms with van der Waals surface area (Å²) < 4.78 is 0. The highest BCUT2D eigenvalue weighted by Gasteiger charge is 2.36. The van der Waals surface area contributed by atoms with E-state index < -0.39 is 0 Å². The van der Waals surface area contributed by atoms with Crippen LogP contribution in [0, 0.1) is 5.92 Å². The van der Waals surface area contributed by atoms with Gasteiger partial charge in [0.05, 0.1) is 6.04 Å². The molecule has 3 nitrogen and oxygen atoms in total. The zero-order valence-corrected chi connectivity index (χ0v) is 11.7. The summed E-state index contributed by atoms with van der Waals surface area (Å²) in [5.74, 6) is 2.02. The van der Waals surface area contributed by atoms with E-state index in [1.54, 1.807) is 0 Å². The lowest BCUT2D eigenvalue weighted by molar-refractivity contribution is 0.0906. The van der Waals surface area contributed by atoms with Gasteiger partial charge in [0.2, 0.25) is 0 Å². The second-order valence-corrected chi connectivity index (χ2v) is 6.93. The van der Waals surface area contributed by atoms with Crippen LogP contribution in [-0.4, -0.2) is 47.0 Å². The number of rotatable bonds is 2. The molecule has 0 spiro atoms. The first-order valence-corrected chi connectivity index (χ1v) is 7.88. The van der Waals surface area contributed by atoms with Crippen molar-refractivity contribution in [2.24, 2.45) is 10.9 Å². The molecule has 0 aromatic heterocycles. The van der Waals surface area contributed by atoms with E-state index in [9.17, 15) is 0 Å². The molecule has 4 aliphatic rings. The maximum atomic E-state index is 4.99. The van der Waals surface area contributed by atoms with Crippen LogP contribution in [0.5, 0.6) is 0 Å². The summed E-state index contributed by atoms with van der Waals surface area (Å²) in [4.78, 5) is 7.56. The van der Waals surface area contributed by atoms with Crippen molar-refractivity contribution in [3.63, 3.8) is 0 Å². The number of thioether (sulfide) groups is 1. The van der Waals surface area contributed by atoms with Gasteiger partial charge >= 0.3 is 0 Å². The first kappa shape index (κ1) is 11.8. The number of hydrogen-bond donors (Lipinski definition) is 1. The molecule has 0 aromatic carbocycles. The fraction of sp³-hybridized carbons (Fsp3) is 0.923. The SMILES string of the molecule is CCC1(C)CSC(=NC2CN3CCC2CC3)N1. The highest BCUT2D eigenvalue weighted by atomic mass is 32.2. The van der Waals surface area contributed by atoms with Crippen molar-refractivity contribution in [2.75, 3.05) is 25.4 Å². The largest absolute Gasteiger partial charge is 0.359 e. The zero-order chi connectivity index (χ0) is 11.9. The second-order valence-electron chi connectivity index (χ2n) is 5.97. The molecule has 2 unspecified atom stereocenters. The van der Waals surface area contributed by atoms with Crippen LogP contribution in [0.25, 0.3) is 0 Å². The van der Waals surface area contributed by atoms with Gasteiger partial charge in [0.1, 0.15) is 0 Å². The number of fused-ring (bicyclic) bond motifs is 3. The van der Waals surface area contributed by atoms with Crippen molar-refractivity contribution >= 4 is 16.9 Å². The summed E-state index contributed by atoms with van der Waals surface area (Å²) in [5, 5.41) is 4.82. The van der Waals surface area contributed by atoms with Crippen molar-refractivity contribution in [2.45, 2.75) is 44.7 Å². The highest BCUT2D eigenvalue weighted by Crippen LogP contribution is 2.32. The number of nitrogens with one attached hydrogen (secondary N) is 1. The lowest BCUT2D eigenvalue weighted by atomic mass is 9.84. The van der Waals surface area contributed by atoms with Gasteiger partial charge in [0.25, 0.3) is 0 Å². The number of amidine groups is 1. The fourth-order valence-electron chi connectivity index (χ4n) is 3.05. The molecule has 4 fully saturated rings. The molecule has 4 heterocycles. The number of aliphatic imine (C=N–C) groups is 1. The van der Waals surface area contributed by atoms with E-state index in [0.29, 0.717) is 6.04 Å². The number of nitrogens with zero attached hydrogens (tertiary/aromatic N) is 2. The Morgan fingerprint density at radius 1 is 1.47 bits per heavy atom. The smallest absolute Gasteiger partial charge is 0.157 e. The van der Waals surface area contributed by atoms with Crippen LogP contribution < -0.4 is 5.32 Å². The third-order valence-corrected chi connectivity index (χ3v) is 5.88. The Morgan fingerprint density at radius 3 is 2.76 bits per heavy atom. The van der Waals surface area contributed by atoms with Gasteiger partial charge in [0, 0.05) is 17.8 Å². The van der Waals surface area contributed by atoms with Crippen molar-refractivity contribution in [3.8, 4) is 0 Å². The van der Waals surface area contributed by atoms with Crippen LogP contribution in [0.3, 0.4) is 0 Å². The van der Waals surface area contributed by atoms with Gasteiger partial charge in [-0.05, 0) is 45.2 Å². The van der Waals surface area contributed by atoms with Gasteiger partial charge in [-0.15, -0.1) is 0 Å². The van der Waals surface area contributed by atoms with Gasteiger partial charge in [0.15, 0.2) is 5.17 Å². The molecule has 4 heteroatoms. The predicted molar refractivity (Wildman–Crippen MR) is 74.7 cm³/mol. The minimum absolute atomic E-state index is 0.275. The number of piperidine rings is 3. The van der Waals surface area contributed by atoms with E-state index in [0.717, 1.165) is 5.92 Å². The molecule has 0 amide bonds. The van der Waals surface area contributed by atoms with Crippen molar-refractivity contribution in [1.82, 2.24) is 10.2 Å². The minimum Gasteiger partial charge on any atom is -0.359 e. The maximum absolute atomic E-state index is 4.99. The molecule has 4 aliphatic heterocycles. The zero-order valence-electron chi connectivity index (χ0n) is 10.9. The molecule has 0 radical (unpaired) electrons. The van der Waals surface area contributed by atoms with Crippen molar-refractivity contribution < 1.29 is 0 Å². The quantitative estimate of drug-likeness (QED) is 0.815. The van der Waals surface area contributed by atoms with Crippen LogP contribution in [-0.2, 0) is 0 Å². The fourth-order valence-corrected chi connectivity index (χ4v) is 4.31. The molecule has 0 aromatic rings. The molecular weight excluding hydrogens is 230 g/mol. The van der Waals surface area contributed by atoms with Crippen LogP contribution in [0.4, 0.5) is 0 Å². The Bertz CT molecular complexity index is 323. The predicted octanol–water partition coefficient (Wildman–Crippen LogP) is 1.94. The number of hydrogen-bond acceptors (Lipinski definition) is 3.